The quantitative estimate of drug-likeness (QED) is 0.798. The summed E-state index contributed by atoms with van der Waals surface area (Å²) in [7, 11) is 0. The summed E-state index contributed by atoms with van der Waals surface area (Å²) in [5.41, 5.74) is 9.03. The van der Waals surface area contributed by atoms with E-state index < -0.39 is 0 Å². The molecule has 3 heteroatoms. The van der Waals surface area contributed by atoms with Crippen LogP contribution in [-0.2, 0) is 0 Å². The van der Waals surface area contributed by atoms with Gasteiger partial charge in [-0.2, -0.15) is 0 Å². The molecule has 0 aliphatic heterocycles. The topological polar surface area (TPSA) is 38.0 Å². The molecule has 1 aromatic carbocycles. The van der Waals surface area contributed by atoms with Gasteiger partial charge in [-0.05, 0) is 31.4 Å². The normalized spacial score (nSPS) is 16.3. The highest BCUT2D eigenvalue weighted by molar-refractivity contribution is 7.80. The van der Waals surface area contributed by atoms with E-state index in [-0.39, 0.29) is 0 Å². The highest BCUT2D eigenvalue weighted by Gasteiger charge is 2.13. The molecule has 0 heterocycles. The largest absolute Gasteiger partial charge is 0.389 e. The number of thiocarbonyl (C=S) groups is 1. The van der Waals surface area contributed by atoms with E-state index in [4.69, 9.17) is 18.0 Å². The van der Waals surface area contributed by atoms with Gasteiger partial charge in [0, 0.05) is 17.8 Å². The van der Waals surface area contributed by atoms with Crippen molar-refractivity contribution in [3.63, 3.8) is 0 Å². The second-order valence-corrected chi connectivity index (χ2v) is 6.07. The van der Waals surface area contributed by atoms with Gasteiger partial charge in [0.15, 0.2) is 0 Å². The highest BCUT2D eigenvalue weighted by atomic mass is 32.1. The monoisotopic (exact) mass is 276 g/mol. The molecule has 0 radical (unpaired) electrons. The Morgan fingerprint density at radius 2 is 2.05 bits per heavy atom. The van der Waals surface area contributed by atoms with Crippen LogP contribution < -0.4 is 11.1 Å². The number of benzene rings is 1. The number of nitrogens with two attached hydrogens (primary N) is 1. The van der Waals surface area contributed by atoms with E-state index in [2.05, 4.69) is 30.4 Å². The van der Waals surface area contributed by atoms with Crippen LogP contribution in [0.3, 0.4) is 0 Å². The molecule has 1 fully saturated rings. The van der Waals surface area contributed by atoms with E-state index in [1.165, 1.54) is 44.1 Å². The molecule has 0 bridgehead atoms. The minimum atomic E-state index is 0.476. The molecule has 1 aliphatic carbocycles. The van der Waals surface area contributed by atoms with Gasteiger partial charge in [-0.3, -0.25) is 0 Å². The fourth-order valence-electron chi connectivity index (χ4n) is 2.90. The number of aryl methyl sites for hydroxylation is 1. The van der Waals surface area contributed by atoms with Crippen molar-refractivity contribution in [1.29, 1.82) is 0 Å². The van der Waals surface area contributed by atoms with Crippen molar-refractivity contribution in [3.8, 4) is 0 Å². The molecule has 0 spiro atoms. The van der Waals surface area contributed by atoms with E-state index in [0.29, 0.717) is 4.99 Å². The summed E-state index contributed by atoms with van der Waals surface area (Å²) in [6.07, 6.45) is 8.30. The molecule has 1 aromatic rings. The Balaban J connectivity index is 1.89. The van der Waals surface area contributed by atoms with Crippen molar-refractivity contribution >= 4 is 22.9 Å². The van der Waals surface area contributed by atoms with Crippen molar-refractivity contribution < 1.29 is 0 Å². The zero-order valence-corrected chi connectivity index (χ0v) is 12.6. The lowest BCUT2D eigenvalue weighted by molar-refractivity contribution is 0.345. The Morgan fingerprint density at radius 1 is 1.32 bits per heavy atom. The highest BCUT2D eigenvalue weighted by Crippen LogP contribution is 2.26. The van der Waals surface area contributed by atoms with Crippen LogP contribution >= 0.6 is 12.2 Å². The molecule has 1 aliphatic rings. The average Bonchev–Trinajstić information content (AvgIpc) is 2.41. The maximum atomic E-state index is 5.79. The Bertz CT molecular complexity index is 436. The van der Waals surface area contributed by atoms with Gasteiger partial charge in [0.05, 0.1) is 0 Å². The lowest BCUT2D eigenvalue weighted by Gasteiger charge is -2.22. The number of nitrogens with one attached hydrogen (secondary N) is 1. The van der Waals surface area contributed by atoms with Crippen LogP contribution in [0.1, 0.15) is 49.7 Å². The van der Waals surface area contributed by atoms with Crippen molar-refractivity contribution in [2.45, 2.75) is 45.4 Å². The number of anilines is 1. The fourth-order valence-corrected chi connectivity index (χ4v) is 3.07. The second-order valence-electron chi connectivity index (χ2n) is 5.63. The number of rotatable bonds is 5. The zero-order chi connectivity index (χ0) is 13.7. The molecule has 19 heavy (non-hydrogen) atoms. The smallest absolute Gasteiger partial charge is 0.106 e. The zero-order valence-electron chi connectivity index (χ0n) is 11.7. The van der Waals surface area contributed by atoms with Gasteiger partial charge in [0.2, 0.25) is 0 Å². The molecule has 0 saturated heterocycles. The van der Waals surface area contributed by atoms with Gasteiger partial charge in [0.25, 0.3) is 0 Å². The summed E-state index contributed by atoms with van der Waals surface area (Å²) in [6.45, 7) is 3.08. The van der Waals surface area contributed by atoms with Crippen LogP contribution in [0.5, 0.6) is 0 Å². The maximum Gasteiger partial charge on any atom is 0.106 e. The van der Waals surface area contributed by atoms with Gasteiger partial charge in [0.1, 0.15) is 4.99 Å². The number of hydrogen-bond acceptors (Lipinski definition) is 2. The molecular weight excluding hydrogens is 252 g/mol. The lowest BCUT2D eigenvalue weighted by atomic mass is 9.87. The van der Waals surface area contributed by atoms with Crippen LogP contribution in [0.2, 0.25) is 0 Å². The summed E-state index contributed by atoms with van der Waals surface area (Å²) >= 11 is 5.12. The van der Waals surface area contributed by atoms with Crippen LogP contribution in [0.25, 0.3) is 0 Å². The predicted molar refractivity (Wildman–Crippen MR) is 86.7 cm³/mol. The molecular formula is C16H24N2S. The SMILES string of the molecule is Cc1ccc(NCCC2CCCCC2)c(C(N)=S)c1. The van der Waals surface area contributed by atoms with E-state index >= 15 is 0 Å². The number of hydrogen-bond donors (Lipinski definition) is 2. The third-order valence-electron chi connectivity index (χ3n) is 4.03. The second kappa shape index (κ2) is 6.90. The molecule has 0 unspecified atom stereocenters. The van der Waals surface area contributed by atoms with Crippen LogP contribution in [0, 0.1) is 12.8 Å². The van der Waals surface area contributed by atoms with Crippen LogP contribution in [0.4, 0.5) is 5.69 Å². The van der Waals surface area contributed by atoms with Crippen LogP contribution in [0.15, 0.2) is 18.2 Å². The Labute approximate surface area is 121 Å². The predicted octanol–water partition coefficient (Wildman–Crippen LogP) is 4.01. The van der Waals surface area contributed by atoms with E-state index in [1.54, 1.807) is 0 Å². The van der Waals surface area contributed by atoms with Gasteiger partial charge in [-0.25, -0.2) is 0 Å². The first kappa shape index (κ1) is 14.3. The summed E-state index contributed by atoms with van der Waals surface area (Å²) in [5.74, 6) is 0.903. The standard InChI is InChI=1S/C16H24N2S/c1-12-7-8-15(14(11-12)16(17)19)18-10-9-13-5-3-2-4-6-13/h7-8,11,13,18H,2-6,9-10H2,1H3,(H2,17,19). The molecule has 104 valence electrons. The molecule has 0 amide bonds. The molecule has 3 N–H and O–H groups in total. The minimum Gasteiger partial charge on any atom is -0.389 e. The van der Waals surface area contributed by atoms with E-state index in [1.807, 2.05) is 0 Å². The van der Waals surface area contributed by atoms with Crippen molar-refractivity contribution in [3.05, 3.63) is 29.3 Å². The minimum absolute atomic E-state index is 0.476. The van der Waals surface area contributed by atoms with Gasteiger partial charge >= 0.3 is 0 Å². The summed E-state index contributed by atoms with van der Waals surface area (Å²) in [5, 5.41) is 3.50. The average molecular weight is 276 g/mol. The first-order valence-corrected chi connectivity index (χ1v) is 7.72. The third-order valence-corrected chi connectivity index (χ3v) is 4.25. The van der Waals surface area contributed by atoms with Crippen molar-refractivity contribution in [1.82, 2.24) is 0 Å². The molecule has 1 saturated carbocycles. The summed E-state index contributed by atoms with van der Waals surface area (Å²) in [4.78, 5) is 0.476. The lowest BCUT2D eigenvalue weighted by Crippen LogP contribution is -2.16. The molecule has 0 atom stereocenters. The third kappa shape index (κ3) is 4.20. The summed E-state index contributed by atoms with van der Waals surface area (Å²) < 4.78 is 0. The van der Waals surface area contributed by atoms with E-state index in [9.17, 15) is 0 Å². The fraction of sp³-hybridized carbons (Fsp3) is 0.562. The van der Waals surface area contributed by atoms with Gasteiger partial charge in [-0.1, -0.05) is 56.0 Å². The van der Waals surface area contributed by atoms with Crippen molar-refractivity contribution in [2.75, 3.05) is 11.9 Å². The molecule has 2 rings (SSSR count). The Kier molecular flexibility index (Phi) is 5.20. The van der Waals surface area contributed by atoms with Gasteiger partial charge < -0.3 is 11.1 Å². The van der Waals surface area contributed by atoms with Crippen LogP contribution in [-0.4, -0.2) is 11.5 Å². The summed E-state index contributed by atoms with van der Waals surface area (Å²) in [6, 6.07) is 6.25. The molecule has 2 nitrogen and oxygen atoms in total. The molecule has 0 aromatic heterocycles. The first-order chi connectivity index (χ1) is 9.16. The van der Waals surface area contributed by atoms with Crippen molar-refractivity contribution in [2.24, 2.45) is 11.7 Å². The first-order valence-electron chi connectivity index (χ1n) is 7.31. The Hall–Kier alpha value is -1.09. The Morgan fingerprint density at radius 3 is 2.74 bits per heavy atom. The van der Waals surface area contributed by atoms with Gasteiger partial charge in [-0.15, -0.1) is 0 Å². The maximum absolute atomic E-state index is 5.79. The van der Waals surface area contributed by atoms with E-state index in [0.717, 1.165) is 23.7 Å².